The molecule has 0 saturated carbocycles. The van der Waals surface area contributed by atoms with E-state index >= 15 is 0 Å². The minimum atomic E-state index is 0.884. The second kappa shape index (κ2) is 9.07. The lowest BCUT2D eigenvalue weighted by Gasteiger charge is -2.37. The minimum Gasteiger partial charge on any atom is -0.368 e. The molecule has 0 unspecified atom stereocenters. The Morgan fingerprint density at radius 2 is 1.56 bits per heavy atom. The van der Waals surface area contributed by atoms with Gasteiger partial charge < -0.3 is 14.7 Å². The van der Waals surface area contributed by atoms with Crippen molar-refractivity contribution in [3.63, 3.8) is 0 Å². The average Bonchev–Trinajstić information content (AvgIpc) is 2.67. The Hall–Kier alpha value is -2.30. The summed E-state index contributed by atoms with van der Waals surface area (Å²) in [6.45, 7) is 14.7. The SMILES string of the molecule is CCCN(CCC)c1nc(C)cc(N2CCN(c3cccc(C)c3)CC2)n1. The van der Waals surface area contributed by atoms with Crippen LogP contribution in [0.25, 0.3) is 0 Å². The molecule has 27 heavy (non-hydrogen) atoms. The molecule has 0 aliphatic carbocycles. The second-order valence-electron chi connectivity index (χ2n) is 7.47. The molecule has 5 nitrogen and oxygen atoms in total. The molecule has 1 aliphatic heterocycles. The maximum Gasteiger partial charge on any atom is 0.227 e. The van der Waals surface area contributed by atoms with Crippen LogP contribution in [0.2, 0.25) is 0 Å². The predicted molar refractivity (Wildman–Crippen MR) is 115 cm³/mol. The first-order valence-electron chi connectivity index (χ1n) is 10.3. The van der Waals surface area contributed by atoms with Gasteiger partial charge in [-0.1, -0.05) is 26.0 Å². The Kier molecular flexibility index (Phi) is 6.54. The van der Waals surface area contributed by atoms with E-state index in [4.69, 9.17) is 9.97 Å². The standard InChI is InChI=1S/C22H33N5/c1-5-10-27(11-6-2)22-23-19(4)17-21(24-22)26-14-12-25(13-15-26)20-9-7-8-18(3)16-20/h7-9,16-17H,5-6,10-15H2,1-4H3. The third-order valence-electron chi connectivity index (χ3n) is 5.07. The zero-order chi connectivity index (χ0) is 19.2. The summed E-state index contributed by atoms with van der Waals surface area (Å²) in [4.78, 5) is 16.8. The van der Waals surface area contributed by atoms with Gasteiger partial charge in [-0.3, -0.25) is 0 Å². The fourth-order valence-electron chi connectivity index (χ4n) is 3.71. The lowest BCUT2D eigenvalue weighted by Crippen LogP contribution is -2.47. The number of aryl methyl sites for hydroxylation is 2. The van der Waals surface area contributed by atoms with Crippen LogP contribution in [-0.4, -0.2) is 49.2 Å². The molecule has 146 valence electrons. The smallest absolute Gasteiger partial charge is 0.227 e. The van der Waals surface area contributed by atoms with Crippen LogP contribution in [0.3, 0.4) is 0 Å². The van der Waals surface area contributed by atoms with Gasteiger partial charge in [0, 0.05) is 56.7 Å². The molecular formula is C22H33N5. The molecule has 0 amide bonds. The van der Waals surface area contributed by atoms with Gasteiger partial charge in [0.2, 0.25) is 5.95 Å². The zero-order valence-electron chi connectivity index (χ0n) is 17.3. The molecule has 0 atom stereocenters. The largest absolute Gasteiger partial charge is 0.368 e. The van der Waals surface area contributed by atoms with E-state index in [1.54, 1.807) is 0 Å². The van der Waals surface area contributed by atoms with E-state index in [2.05, 4.69) is 72.7 Å². The van der Waals surface area contributed by atoms with Gasteiger partial charge in [0.25, 0.3) is 0 Å². The Labute approximate surface area is 164 Å². The predicted octanol–water partition coefficient (Wildman–Crippen LogP) is 4.05. The number of aromatic nitrogens is 2. The highest BCUT2D eigenvalue weighted by atomic mass is 15.3. The number of hydrogen-bond acceptors (Lipinski definition) is 5. The summed E-state index contributed by atoms with van der Waals surface area (Å²) >= 11 is 0. The van der Waals surface area contributed by atoms with Crippen molar-refractivity contribution in [1.82, 2.24) is 9.97 Å². The van der Waals surface area contributed by atoms with E-state index in [9.17, 15) is 0 Å². The summed E-state index contributed by atoms with van der Waals surface area (Å²) in [6.07, 6.45) is 2.23. The summed E-state index contributed by atoms with van der Waals surface area (Å²) in [5, 5.41) is 0. The summed E-state index contributed by atoms with van der Waals surface area (Å²) in [5.41, 5.74) is 3.69. The molecular weight excluding hydrogens is 334 g/mol. The van der Waals surface area contributed by atoms with Crippen molar-refractivity contribution in [1.29, 1.82) is 0 Å². The number of nitrogens with zero attached hydrogens (tertiary/aromatic N) is 5. The van der Waals surface area contributed by atoms with Crippen molar-refractivity contribution in [2.45, 2.75) is 40.5 Å². The van der Waals surface area contributed by atoms with Gasteiger partial charge in [0.15, 0.2) is 0 Å². The summed E-state index contributed by atoms with van der Waals surface area (Å²) in [7, 11) is 0. The first-order chi connectivity index (χ1) is 13.1. The van der Waals surface area contributed by atoms with Crippen LogP contribution in [0.15, 0.2) is 30.3 Å². The summed E-state index contributed by atoms with van der Waals surface area (Å²) < 4.78 is 0. The fourth-order valence-corrected chi connectivity index (χ4v) is 3.71. The molecule has 2 heterocycles. The van der Waals surface area contributed by atoms with E-state index in [0.717, 1.165) is 69.6 Å². The molecule has 1 saturated heterocycles. The highest BCUT2D eigenvalue weighted by Gasteiger charge is 2.20. The molecule has 1 fully saturated rings. The highest BCUT2D eigenvalue weighted by molar-refractivity contribution is 5.52. The van der Waals surface area contributed by atoms with E-state index in [0.29, 0.717) is 0 Å². The van der Waals surface area contributed by atoms with Crippen LogP contribution in [0.1, 0.15) is 37.9 Å². The van der Waals surface area contributed by atoms with E-state index < -0.39 is 0 Å². The monoisotopic (exact) mass is 367 g/mol. The van der Waals surface area contributed by atoms with Crippen LogP contribution in [0.4, 0.5) is 17.5 Å². The number of hydrogen-bond donors (Lipinski definition) is 0. The number of benzene rings is 1. The zero-order valence-corrected chi connectivity index (χ0v) is 17.3. The first-order valence-corrected chi connectivity index (χ1v) is 10.3. The maximum absolute atomic E-state index is 4.93. The molecule has 0 N–H and O–H groups in total. The molecule has 5 heteroatoms. The minimum absolute atomic E-state index is 0.884. The second-order valence-corrected chi connectivity index (χ2v) is 7.47. The van der Waals surface area contributed by atoms with Gasteiger partial charge >= 0.3 is 0 Å². The van der Waals surface area contributed by atoms with Crippen LogP contribution in [-0.2, 0) is 0 Å². The van der Waals surface area contributed by atoms with Crippen LogP contribution in [0.5, 0.6) is 0 Å². The Morgan fingerprint density at radius 1 is 0.889 bits per heavy atom. The molecule has 1 aromatic carbocycles. The Balaban J connectivity index is 1.72. The Morgan fingerprint density at radius 3 is 2.19 bits per heavy atom. The molecule has 0 spiro atoms. The highest BCUT2D eigenvalue weighted by Crippen LogP contribution is 2.22. The third kappa shape index (κ3) is 4.90. The normalized spacial score (nSPS) is 14.5. The van der Waals surface area contributed by atoms with E-state index in [-0.39, 0.29) is 0 Å². The van der Waals surface area contributed by atoms with Crippen molar-refractivity contribution in [2.75, 3.05) is 54.0 Å². The van der Waals surface area contributed by atoms with Crippen molar-refractivity contribution in [3.05, 3.63) is 41.6 Å². The summed E-state index contributed by atoms with van der Waals surface area (Å²) in [6, 6.07) is 10.9. The topological polar surface area (TPSA) is 35.5 Å². The number of anilines is 3. The van der Waals surface area contributed by atoms with Gasteiger partial charge in [-0.25, -0.2) is 4.98 Å². The van der Waals surface area contributed by atoms with Gasteiger partial charge in [-0.15, -0.1) is 0 Å². The average molecular weight is 368 g/mol. The number of rotatable bonds is 7. The first kappa shape index (κ1) is 19.5. The van der Waals surface area contributed by atoms with E-state index in [1.165, 1.54) is 11.3 Å². The lowest BCUT2D eigenvalue weighted by atomic mass is 10.2. The number of piperazine rings is 1. The fraction of sp³-hybridized carbons (Fsp3) is 0.545. The molecule has 2 aromatic rings. The Bertz CT molecular complexity index is 731. The van der Waals surface area contributed by atoms with Crippen molar-refractivity contribution in [2.24, 2.45) is 0 Å². The van der Waals surface area contributed by atoms with Crippen LogP contribution in [0, 0.1) is 13.8 Å². The molecule has 1 aliphatic rings. The van der Waals surface area contributed by atoms with Crippen molar-refractivity contribution in [3.8, 4) is 0 Å². The maximum atomic E-state index is 4.93. The molecule has 1 aromatic heterocycles. The van der Waals surface area contributed by atoms with Gasteiger partial charge in [0.05, 0.1) is 0 Å². The third-order valence-corrected chi connectivity index (χ3v) is 5.07. The van der Waals surface area contributed by atoms with Gasteiger partial charge in [-0.05, 0) is 44.4 Å². The van der Waals surface area contributed by atoms with E-state index in [1.807, 2.05) is 0 Å². The van der Waals surface area contributed by atoms with Gasteiger partial charge in [0.1, 0.15) is 5.82 Å². The summed E-state index contributed by atoms with van der Waals surface area (Å²) in [5.74, 6) is 1.95. The lowest BCUT2D eigenvalue weighted by molar-refractivity contribution is 0.643. The quantitative estimate of drug-likeness (QED) is 0.738. The van der Waals surface area contributed by atoms with Gasteiger partial charge in [-0.2, -0.15) is 4.98 Å². The van der Waals surface area contributed by atoms with Crippen molar-refractivity contribution < 1.29 is 0 Å². The van der Waals surface area contributed by atoms with Crippen LogP contribution >= 0.6 is 0 Å². The van der Waals surface area contributed by atoms with Crippen LogP contribution < -0.4 is 14.7 Å². The molecule has 3 rings (SSSR count). The molecule has 0 radical (unpaired) electrons. The van der Waals surface area contributed by atoms with Crippen molar-refractivity contribution >= 4 is 17.5 Å². The molecule has 0 bridgehead atoms.